The smallest absolute Gasteiger partial charge is 0.0998 e. The van der Waals surface area contributed by atoms with E-state index in [1.165, 1.54) is 5.56 Å². The summed E-state index contributed by atoms with van der Waals surface area (Å²) in [4.78, 5) is 0. The van der Waals surface area contributed by atoms with E-state index in [9.17, 15) is 5.26 Å². The molecule has 18 heavy (non-hydrogen) atoms. The lowest BCUT2D eigenvalue weighted by atomic mass is 10.0. The van der Waals surface area contributed by atoms with E-state index < -0.39 is 0 Å². The maximum Gasteiger partial charge on any atom is 0.0998 e. The molecule has 0 radical (unpaired) electrons. The SMILES string of the molecule is Cc1ccc(C(C#N)=Cc2cccc(Br)c2)cc1. The molecule has 2 aromatic carbocycles. The average Bonchev–Trinajstić information content (AvgIpc) is 2.37. The van der Waals surface area contributed by atoms with Crippen LogP contribution >= 0.6 is 15.9 Å². The molecule has 0 spiro atoms. The zero-order valence-electron chi connectivity index (χ0n) is 10.0. The van der Waals surface area contributed by atoms with Gasteiger partial charge in [-0.2, -0.15) is 5.26 Å². The molecule has 0 fully saturated rings. The fraction of sp³-hybridized carbons (Fsp3) is 0.0625. The van der Waals surface area contributed by atoms with Crippen LogP contribution in [0.5, 0.6) is 0 Å². The second-order valence-corrected chi connectivity index (χ2v) is 5.01. The van der Waals surface area contributed by atoms with Crippen LogP contribution in [0.2, 0.25) is 0 Å². The molecule has 0 unspecified atom stereocenters. The number of hydrogen-bond acceptors (Lipinski definition) is 1. The van der Waals surface area contributed by atoms with Gasteiger partial charge in [-0.05, 0) is 36.3 Å². The molecule has 0 saturated heterocycles. The van der Waals surface area contributed by atoms with E-state index in [2.05, 4.69) is 22.0 Å². The molecular weight excluding hydrogens is 286 g/mol. The Hall–Kier alpha value is -1.85. The number of nitrogens with zero attached hydrogens (tertiary/aromatic N) is 1. The lowest BCUT2D eigenvalue weighted by molar-refractivity contribution is 1.45. The number of allylic oxidation sites excluding steroid dienone is 1. The predicted molar refractivity (Wildman–Crippen MR) is 78.8 cm³/mol. The predicted octanol–water partition coefficient (Wildman–Crippen LogP) is 4.82. The Morgan fingerprint density at radius 2 is 1.89 bits per heavy atom. The lowest BCUT2D eigenvalue weighted by Gasteiger charge is -2.01. The molecule has 0 bridgehead atoms. The molecule has 0 atom stereocenters. The van der Waals surface area contributed by atoms with Crippen molar-refractivity contribution in [3.05, 3.63) is 69.7 Å². The van der Waals surface area contributed by atoms with Gasteiger partial charge in [0.15, 0.2) is 0 Å². The summed E-state index contributed by atoms with van der Waals surface area (Å²) in [6.45, 7) is 2.04. The van der Waals surface area contributed by atoms with Crippen molar-refractivity contribution in [1.82, 2.24) is 0 Å². The highest BCUT2D eigenvalue weighted by molar-refractivity contribution is 9.10. The second-order valence-electron chi connectivity index (χ2n) is 4.09. The van der Waals surface area contributed by atoms with Crippen molar-refractivity contribution in [2.45, 2.75) is 6.92 Å². The molecule has 0 heterocycles. The molecule has 1 nitrogen and oxygen atoms in total. The summed E-state index contributed by atoms with van der Waals surface area (Å²) < 4.78 is 1.01. The normalized spacial score (nSPS) is 11.1. The van der Waals surface area contributed by atoms with E-state index >= 15 is 0 Å². The van der Waals surface area contributed by atoms with Gasteiger partial charge in [-0.1, -0.05) is 57.9 Å². The van der Waals surface area contributed by atoms with Crippen LogP contribution in [-0.2, 0) is 0 Å². The summed E-state index contributed by atoms with van der Waals surface area (Å²) >= 11 is 3.43. The summed E-state index contributed by atoms with van der Waals surface area (Å²) in [6, 6.07) is 18.1. The molecule has 2 aromatic rings. The molecule has 0 aliphatic rings. The molecule has 0 aliphatic heterocycles. The van der Waals surface area contributed by atoms with Gasteiger partial charge in [-0.15, -0.1) is 0 Å². The Morgan fingerprint density at radius 3 is 2.50 bits per heavy atom. The highest BCUT2D eigenvalue weighted by Crippen LogP contribution is 2.20. The van der Waals surface area contributed by atoms with Crippen LogP contribution in [0.1, 0.15) is 16.7 Å². The van der Waals surface area contributed by atoms with Crippen LogP contribution in [0.4, 0.5) is 0 Å². The van der Waals surface area contributed by atoms with Gasteiger partial charge in [0, 0.05) is 4.47 Å². The fourth-order valence-electron chi connectivity index (χ4n) is 1.68. The number of rotatable bonds is 2. The van der Waals surface area contributed by atoms with Crippen LogP contribution in [0, 0.1) is 18.3 Å². The van der Waals surface area contributed by atoms with Gasteiger partial charge in [0.25, 0.3) is 0 Å². The van der Waals surface area contributed by atoms with Crippen molar-refractivity contribution in [2.24, 2.45) is 0 Å². The van der Waals surface area contributed by atoms with Gasteiger partial charge in [0.2, 0.25) is 0 Å². The standard InChI is InChI=1S/C16H12BrN/c1-12-5-7-14(8-6-12)15(11-18)9-13-3-2-4-16(17)10-13/h2-10H,1H3. The molecule has 2 rings (SSSR count). The largest absolute Gasteiger partial charge is 0.192 e. The van der Waals surface area contributed by atoms with Gasteiger partial charge in [-0.3, -0.25) is 0 Å². The number of hydrogen-bond donors (Lipinski definition) is 0. The first-order chi connectivity index (χ1) is 8.69. The number of halogens is 1. The molecule has 2 heteroatoms. The zero-order chi connectivity index (χ0) is 13.0. The number of nitriles is 1. The highest BCUT2D eigenvalue weighted by Gasteiger charge is 2.00. The van der Waals surface area contributed by atoms with Crippen molar-refractivity contribution in [1.29, 1.82) is 5.26 Å². The Kier molecular flexibility index (Phi) is 3.96. The van der Waals surface area contributed by atoms with Gasteiger partial charge in [-0.25, -0.2) is 0 Å². The fourth-order valence-corrected chi connectivity index (χ4v) is 2.09. The highest BCUT2D eigenvalue weighted by atomic mass is 79.9. The number of benzene rings is 2. The van der Waals surface area contributed by atoms with Crippen molar-refractivity contribution < 1.29 is 0 Å². The maximum atomic E-state index is 9.25. The summed E-state index contributed by atoms with van der Waals surface area (Å²) in [6.07, 6.45) is 1.90. The van der Waals surface area contributed by atoms with Crippen LogP contribution < -0.4 is 0 Å². The minimum absolute atomic E-state index is 0.674. The topological polar surface area (TPSA) is 23.8 Å². The van der Waals surface area contributed by atoms with Gasteiger partial charge in [0.1, 0.15) is 0 Å². The molecule has 0 amide bonds. The van der Waals surface area contributed by atoms with Crippen LogP contribution in [0.3, 0.4) is 0 Å². The molecule has 0 saturated carbocycles. The van der Waals surface area contributed by atoms with Gasteiger partial charge >= 0.3 is 0 Å². The average molecular weight is 298 g/mol. The first-order valence-corrected chi connectivity index (χ1v) is 6.43. The van der Waals surface area contributed by atoms with Crippen LogP contribution in [0.25, 0.3) is 11.6 Å². The van der Waals surface area contributed by atoms with Crippen LogP contribution in [-0.4, -0.2) is 0 Å². The third kappa shape index (κ3) is 3.09. The van der Waals surface area contributed by atoms with Crippen molar-refractivity contribution in [3.63, 3.8) is 0 Å². The van der Waals surface area contributed by atoms with Gasteiger partial charge in [0.05, 0.1) is 11.6 Å². The Morgan fingerprint density at radius 1 is 1.17 bits per heavy atom. The van der Waals surface area contributed by atoms with Crippen molar-refractivity contribution >= 4 is 27.6 Å². The lowest BCUT2D eigenvalue weighted by Crippen LogP contribution is -1.82. The van der Waals surface area contributed by atoms with Crippen LogP contribution in [0.15, 0.2) is 53.0 Å². The minimum Gasteiger partial charge on any atom is -0.192 e. The Bertz CT molecular complexity index is 618. The molecule has 0 N–H and O–H groups in total. The molecular formula is C16H12BrN. The first-order valence-electron chi connectivity index (χ1n) is 5.63. The van der Waals surface area contributed by atoms with Gasteiger partial charge < -0.3 is 0 Å². The van der Waals surface area contributed by atoms with E-state index in [-0.39, 0.29) is 0 Å². The minimum atomic E-state index is 0.674. The van der Waals surface area contributed by atoms with E-state index in [1.54, 1.807) is 0 Å². The van der Waals surface area contributed by atoms with E-state index in [1.807, 2.05) is 61.5 Å². The monoisotopic (exact) mass is 297 g/mol. The molecule has 0 aromatic heterocycles. The van der Waals surface area contributed by atoms with E-state index in [0.29, 0.717) is 5.57 Å². The maximum absolute atomic E-state index is 9.25. The molecule has 88 valence electrons. The van der Waals surface area contributed by atoms with E-state index in [0.717, 1.165) is 15.6 Å². The Balaban J connectivity index is 2.40. The third-order valence-electron chi connectivity index (χ3n) is 2.64. The molecule has 0 aliphatic carbocycles. The second kappa shape index (κ2) is 5.66. The summed E-state index contributed by atoms with van der Waals surface area (Å²) in [7, 11) is 0. The summed E-state index contributed by atoms with van der Waals surface area (Å²) in [5.41, 5.74) is 3.83. The van der Waals surface area contributed by atoms with Crippen molar-refractivity contribution in [2.75, 3.05) is 0 Å². The summed E-state index contributed by atoms with van der Waals surface area (Å²) in [5, 5.41) is 9.25. The van der Waals surface area contributed by atoms with Crippen molar-refractivity contribution in [3.8, 4) is 6.07 Å². The zero-order valence-corrected chi connectivity index (χ0v) is 11.6. The Labute approximate surface area is 116 Å². The first kappa shape index (κ1) is 12.6. The summed E-state index contributed by atoms with van der Waals surface area (Å²) in [5.74, 6) is 0. The third-order valence-corrected chi connectivity index (χ3v) is 3.14. The number of aryl methyl sites for hydroxylation is 1. The quantitative estimate of drug-likeness (QED) is 0.576. The van der Waals surface area contributed by atoms with E-state index in [4.69, 9.17) is 0 Å².